The molecule has 2 saturated heterocycles. The van der Waals surface area contributed by atoms with Crippen molar-refractivity contribution in [2.75, 3.05) is 50.8 Å². The molecule has 46 heavy (non-hydrogen) atoms. The molecular weight excluding hydrogens is 608 g/mol. The summed E-state index contributed by atoms with van der Waals surface area (Å²) in [4.78, 5) is 45.2. The van der Waals surface area contributed by atoms with Crippen molar-refractivity contribution < 1.29 is 23.9 Å². The Morgan fingerprint density at radius 2 is 1.93 bits per heavy atom. The Morgan fingerprint density at radius 1 is 1.22 bits per heavy atom. The number of nitrogen functional groups attached to an aromatic ring is 1. The zero-order chi connectivity index (χ0) is 32.8. The number of carbonyl (C=O) groups excluding carboxylic acids is 3. The molecule has 4 N–H and O–H groups in total. The summed E-state index contributed by atoms with van der Waals surface area (Å²) in [5, 5.41) is 6.56. The normalized spacial score (nSPS) is 18.4. The first-order chi connectivity index (χ1) is 22.1. The third kappa shape index (κ3) is 7.52. The fraction of sp³-hybridized carbons (Fsp3) is 0.441. The molecule has 5 rings (SSSR count). The molecular formula is C34H43ClN6O5. The summed E-state index contributed by atoms with van der Waals surface area (Å²) in [5.74, 6) is -0.242. The molecule has 3 heterocycles. The quantitative estimate of drug-likeness (QED) is 0.255. The average Bonchev–Trinajstić information content (AvgIpc) is 3.03. The Morgan fingerprint density at radius 3 is 2.63 bits per heavy atom. The van der Waals surface area contributed by atoms with E-state index in [1.54, 1.807) is 15.9 Å². The van der Waals surface area contributed by atoms with E-state index in [0.29, 0.717) is 55.4 Å². The van der Waals surface area contributed by atoms with Gasteiger partial charge in [0, 0.05) is 83.0 Å². The Balaban J connectivity index is 1.25. The topological polar surface area (TPSA) is 129 Å². The lowest BCUT2D eigenvalue weighted by atomic mass is 9.82. The van der Waals surface area contributed by atoms with Crippen LogP contribution in [0.5, 0.6) is 0 Å². The van der Waals surface area contributed by atoms with Crippen LogP contribution >= 0.6 is 11.6 Å². The van der Waals surface area contributed by atoms with E-state index in [4.69, 9.17) is 26.8 Å². The first-order valence-electron chi connectivity index (χ1n) is 15.7. The van der Waals surface area contributed by atoms with Crippen LogP contribution in [0.25, 0.3) is 0 Å². The van der Waals surface area contributed by atoms with Gasteiger partial charge in [-0.1, -0.05) is 41.9 Å². The van der Waals surface area contributed by atoms with Crippen LogP contribution in [0.15, 0.2) is 61.5 Å². The predicted octanol–water partition coefficient (Wildman–Crippen LogP) is 5.00. The number of nitrogens with one attached hydrogen (secondary N) is 2. The van der Waals surface area contributed by atoms with Gasteiger partial charge in [0.2, 0.25) is 0 Å². The number of aryl methyl sites for hydroxylation is 1. The SMILES string of the molecule is C=CCN(C)/C=C\NC1CCN(C(=O)[C@@H](Cc2cc(C)c(N)c(Cl)c2)OC(=O)N2CCC3(CC2)OC(=O)Nc2ccccc23)CC1. The zero-order valence-electron chi connectivity index (χ0n) is 26.5. The van der Waals surface area contributed by atoms with E-state index in [1.165, 1.54) is 0 Å². The lowest BCUT2D eigenvalue weighted by molar-refractivity contribution is -0.142. The largest absolute Gasteiger partial charge is 0.438 e. The molecule has 0 aromatic heterocycles. The van der Waals surface area contributed by atoms with Gasteiger partial charge in [-0.3, -0.25) is 10.1 Å². The number of para-hydroxylation sites is 1. The molecule has 0 saturated carbocycles. The molecule has 12 heteroatoms. The molecule has 11 nitrogen and oxygen atoms in total. The van der Waals surface area contributed by atoms with Gasteiger partial charge in [-0.25, -0.2) is 9.59 Å². The van der Waals surface area contributed by atoms with E-state index < -0.39 is 23.9 Å². The van der Waals surface area contributed by atoms with Crippen LogP contribution in [0, 0.1) is 6.92 Å². The second-order valence-electron chi connectivity index (χ2n) is 12.2. The summed E-state index contributed by atoms with van der Waals surface area (Å²) in [7, 11) is 1.97. The highest BCUT2D eigenvalue weighted by molar-refractivity contribution is 6.33. The zero-order valence-corrected chi connectivity index (χ0v) is 27.2. The van der Waals surface area contributed by atoms with Crippen molar-refractivity contribution in [1.82, 2.24) is 20.0 Å². The minimum absolute atomic E-state index is 0.163. The smallest absolute Gasteiger partial charge is 0.412 e. The van der Waals surface area contributed by atoms with Gasteiger partial charge in [-0.05, 0) is 43.0 Å². The van der Waals surface area contributed by atoms with Crippen LogP contribution in [0.3, 0.4) is 0 Å². The van der Waals surface area contributed by atoms with Crippen LogP contribution in [0.4, 0.5) is 21.0 Å². The van der Waals surface area contributed by atoms with Gasteiger partial charge < -0.3 is 35.2 Å². The Labute approximate surface area is 275 Å². The van der Waals surface area contributed by atoms with Crippen LogP contribution in [0.2, 0.25) is 5.02 Å². The number of nitrogens with zero attached hydrogens (tertiary/aromatic N) is 3. The number of ether oxygens (including phenoxy) is 2. The monoisotopic (exact) mass is 650 g/mol. The van der Waals surface area contributed by atoms with E-state index >= 15 is 0 Å². The second-order valence-corrected chi connectivity index (χ2v) is 12.6. The van der Waals surface area contributed by atoms with Crippen LogP contribution < -0.4 is 16.4 Å². The third-order valence-corrected chi connectivity index (χ3v) is 9.31. The highest BCUT2D eigenvalue weighted by Crippen LogP contribution is 2.43. The van der Waals surface area contributed by atoms with Crippen LogP contribution in [0.1, 0.15) is 42.4 Å². The number of carbonyl (C=O) groups is 3. The number of likely N-dealkylation sites (tertiary alicyclic amines) is 2. The van der Waals surface area contributed by atoms with Crippen molar-refractivity contribution in [3.05, 3.63) is 83.2 Å². The number of likely N-dealkylation sites (N-methyl/N-ethyl adjacent to an activating group) is 1. The maximum Gasteiger partial charge on any atom is 0.412 e. The standard InChI is InChI=1S/C34H43ClN6O5/c1-4-14-39(3)19-13-37-25-9-15-40(16-10-25)31(42)29(22-24-20-23(2)30(36)27(35)21-24)45-33(44)41-17-11-34(12-18-41)26-7-5-6-8-28(26)38-32(43)46-34/h4-8,13,19-21,25,29,37H,1,9-12,14-18,22,36H2,2-3H3,(H,38,43)/b19-13-/t29-/m1/s1. The molecule has 2 aromatic carbocycles. The van der Waals surface area contributed by atoms with E-state index in [-0.39, 0.29) is 18.4 Å². The van der Waals surface area contributed by atoms with Crippen LogP contribution in [-0.4, -0.2) is 84.7 Å². The molecule has 3 aliphatic heterocycles. The summed E-state index contributed by atoms with van der Waals surface area (Å²) < 4.78 is 11.8. The van der Waals surface area contributed by atoms with Crippen molar-refractivity contribution in [2.45, 2.75) is 56.8 Å². The van der Waals surface area contributed by atoms with Gasteiger partial charge in [0.15, 0.2) is 6.10 Å². The average molecular weight is 651 g/mol. The van der Waals surface area contributed by atoms with Gasteiger partial charge in [0.1, 0.15) is 5.60 Å². The molecule has 3 aliphatic rings. The molecule has 1 atom stereocenters. The fourth-order valence-corrected chi connectivity index (χ4v) is 6.64. The van der Waals surface area contributed by atoms with Gasteiger partial charge in [0.05, 0.1) is 16.4 Å². The number of hydrogen-bond donors (Lipinski definition) is 3. The minimum atomic E-state index is -1.04. The van der Waals surface area contributed by atoms with Gasteiger partial charge in [-0.15, -0.1) is 6.58 Å². The van der Waals surface area contributed by atoms with Crippen molar-refractivity contribution in [3.8, 4) is 0 Å². The number of amides is 3. The minimum Gasteiger partial charge on any atom is -0.438 e. The molecule has 1 spiro atoms. The number of nitrogens with two attached hydrogens (primary N) is 1. The molecule has 3 amide bonds. The lowest BCUT2D eigenvalue weighted by Gasteiger charge is -2.44. The maximum atomic E-state index is 13.9. The number of anilines is 2. The van der Waals surface area contributed by atoms with E-state index in [2.05, 4.69) is 17.2 Å². The first kappa shape index (κ1) is 33.0. The van der Waals surface area contributed by atoms with Crippen molar-refractivity contribution in [1.29, 1.82) is 0 Å². The van der Waals surface area contributed by atoms with E-state index in [0.717, 1.165) is 36.1 Å². The Kier molecular flexibility index (Phi) is 10.3. The molecule has 2 aromatic rings. The van der Waals surface area contributed by atoms with Gasteiger partial charge in [-0.2, -0.15) is 0 Å². The number of halogens is 1. The Hall–Kier alpha value is -4.38. The summed E-state index contributed by atoms with van der Waals surface area (Å²) in [6.45, 7) is 8.04. The predicted molar refractivity (Wildman–Crippen MR) is 178 cm³/mol. The van der Waals surface area contributed by atoms with E-state index in [1.807, 2.05) is 67.7 Å². The summed E-state index contributed by atoms with van der Waals surface area (Å²) >= 11 is 6.37. The number of fused-ring (bicyclic) bond motifs is 2. The second kappa shape index (κ2) is 14.4. The maximum absolute atomic E-state index is 13.9. The Bertz CT molecular complexity index is 1460. The molecule has 2 fully saturated rings. The highest BCUT2D eigenvalue weighted by atomic mass is 35.5. The molecule has 0 bridgehead atoms. The summed E-state index contributed by atoms with van der Waals surface area (Å²) in [6, 6.07) is 11.4. The molecule has 246 valence electrons. The third-order valence-electron chi connectivity index (χ3n) is 8.99. The molecule has 0 radical (unpaired) electrons. The lowest BCUT2D eigenvalue weighted by Crippen LogP contribution is -2.52. The fourth-order valence-electron chi connectivity index (χ4n) is 6.35. The van der Waals surface area contributed by atoms with Crippen LogP contribution in [-0.2, 0) is 26.3 Å². The highest BCUT2D eigenvalue weighted by Gasteiger charge is 2.45. The van der Waals surface area contributed by atoms with Gasteiger partial charge in [0.25, 0.3) is 5.91 Å². The van der Waals surface area contributed by atoms with E-state index in [9.17, 15) is 14.4 Å². The first-order valence-corrected chi connectivity index (χ1v) is 16.1. The molecule has 0 unspecified atom stereocenters. The number of benzene rings is 2. The van der Waals surface area contributed by atoms with Crippen molar-refractivity contribution >= 4 is 41.1 Å². The van der Waals surface area contributed by atoms with Crippen molar-refractivity contribution in [2.24, 2.45) is 0 Å². The number of hydrogen-bond acceptors (Lipinski definition) is 8. The number of piperidine rings is 2. The van der Waals surface area contributed by atoms with Gasteiger partial charge >= 0.3 is 12.2 Å². The van der Waals surface area contributed by atoms with Crippen molar-refractivity contribution in [3.63, 3.8) is 0 Å². The number of rotatable bonds is 9. The summed E-state index contributed by atoms with van der Waals surface area (Å²) in [6.07, 6.45) is 6.11. The summed E-state index contributed by atoms with van der Waals surface area (Å²) in [5.41, 5.74) is 8.87. The molecule has 0 aliphatic carbocycles.